The van der Waals surface area contributed by atoms with Crippen molar-refractivity contribution in [3.05, 3.63) is 99.3 Å². The quantitative estimate of drug-likeness (QED) is 0.207. The molecule has 0 N–H and O–H groups in total. The first kappa shape index (κ1) is 29.7. The van der Waals surface area contributed by atoms with Gasteiger partial charge in [0.15, 0.2) is 5.82 Å². The van der Waals surface area contributed by atoms with Crippen LogP contribution in [0.3, 0.4) is 0 Å². The van der Waals surface area contributed by atoms with Gasteiger partial charge in [0.1, 0.15) is 0 Å². The van der Waals surface area contributed by atoms with Crippen LogP contribution in [0.15, 0.2) is 60.7 Å². The van der Waals surface area contributed by atoms with Crippen LogP contribution < -0.4 is 5.19 Å². The second kappa shape index (κ2) is 11.1. The van der Waals surface area contributed by atoms with E-state index >= 15 is 0 Å². The van der Waals surface area contributed by atoms with Gasteiger partial charge in [-0.3, -0.25) is 4.79 Å². The zero-order chi connectivity index (χ0) is 28.5. The molecule has 0 atom stereocenters. The summed E-state index contributed by atoms with van der Waals surface area (Å²) in [6.45, 7) is 6.16. The van der Waals surface area contributed by atoms with Gasteiger partial charge >= 0.3 is 12.4 Å². The molecule has 0 saturated carbocycles. The molecule has 1 amide bonds. The number of alkyl halides is 6. The van der Waals surface area contributed by atoms with Crippen LogP contribution >= 0.6 is 11.6 Å². The largest absolute Gasteiger partial charge is 0.416 e. The number of nitrogens with zero attached hydrogens (tertiary/aromatic N) is 1. The molecule has 0 aliphatic carbocycles. The molecule has 0 saturated heterocycles. The van der Waals surface area contributed by atoms with Gasteiger partial charge in [-0.05, 0) is 35.7 Å². The SMILES string of the molecule is C[Si](C)(C)c1ccc(CN(CCc2cccc(C(F)(F)F)c2)C(=O)c2cc(C(F)(F)F)cc(Cl)c2F)cc1. The van der Waals surface area contributed by atoms with Crippen molar-refractivity contribution in [2.24, 2.45) is 0 Å². The first-order chi connectivity index (χ1) is 17.5. The van der Waals surface area contributed by atoms with Crippen molar-refractivity contribution >= 4 is 30.8 Å². The third-order valence-electron chi connectivity index (χ3n) is 5.99. The Bertz CT molecular complexity index is 1300. The molecule has 0 bridgehead atoms. The number of hydrogen-bond donors (Lipinski definition) is 0. The van der Waals surface area contributed by atoms with Crippen molar-refractivity contribution in [2.45, 2.75) is 45.0 Å². The second-order valence-electron chi connectivity index (χ2n) is 9.94. The lowest BCUT2D eigenvalue weighted by Crippen LogP contribution is -2.37. The van der Waals surface area contributed by atoms with Gasteiger partial charge in [0.2, 0.25) is 0 Å². The van der Waals surface area contributed by atoms with Crippen molar-refractivity contribution in [1.29, 1.82) is 0 Å². The summed E-state index contributed by atoms with van der Waals surface area (Å²) in [7, 11) is -1.63. The maximum atomic E-state index is 14.8. The monoisotopic (exact) mass is 575 g/mol. The minimum Gasteiger partial charge on any atom is -0.334 e. The van der Waals surface area contributed by atoms with Gasteiger partial charge in [0, 0.05) is 13.1 Å². The highest BCUT2D eigenvalue weighted by Gasteiger charge is 2.34. The summed E-state index contributed by atoms with van der Waals surface area (Å²) in [4.78, 5) is 14.5. The molecule has 3 rings (SSSR count). The highest BCUT2D eigenvalue weighted by atomic mass is 35.5. The van der Waals surface area contributed by atoms with E-state index in [-0.39, 0.29) is 25.1 Å². The lowest BCUT2D eigenvalue weighted by molar-refractivity contribution is -0.138. The van der Waals surface area contributed by atoms with E-state index in [1.165, 1.54) is 12.1 Å². The minimum absolute atomic E-state index is 0.0447. The van der Waals surface area contributed by atoms with E-state index in [1.54, 1.807) is 12.1 Å². The van der Waals surface area contributed by atoms with Crippen molar-refractivity contribution < 1.29 is 35.5 Å². The van der Waals surface area contributed by atoms with Crippen LogP contribution in [-0.2, 0) is 25.3 Å². The molecule has 0 fully saturated rings. The molecule has 0 unspecified atom stereocenters. The van der Waals surface area contributed by atoms with Crippen LogP contribution in [0.5, 0.6) is 0 Å². The summed E-state index contributed by atoms with van der Waals surface area (Å²) in [5, 5.41) is 0.277. The third-order valence-corrected chi connectivity index (χ3v) is 8.33. The fraction of sp³-hybridized carbons (Fsp3) is 0.296. The topological polar surface area (TPSA) is 20.3 Å². The molecule has 3 aromatic rings. The van der Waals surface area contributed by atoms with Crippen molar-refractivity contribution in [3.63, 3.8) is 0 Å². The lowest BCUT2D eigenvalue weighted by atomic mass is 10.1. The number of rotatable bonds is 7. The van der Waals surface area contributed by atoms with Crippen LogP contribution in [-0.4, -0.2) is 25.4 Å². The zero-order valence-electron chi connectivity index (χ0n) is 20.8. The number of carbonyl (C=O) groups excluding carboxylic acids is 1. The Morgan fingerprint density at radius 1 is 0.842 bits per heavy atom. The molecule has 0 aliphatic rings. The van der Waals surface area contributed by atoms with Gasteiger partial charge in [0.05, 0.1) is 29.8 Å². The molecular weight excluding hydrogens is 551 g/mol. The van der Waals surface area contributed by atoms with E-state index in [4.69, 9.17) is 11.6 Å². The van der Waals surface area contributed by atoms with E-state index in [0.717, 1.165) is 22.2 Å². The Kier molecular flexibility index (Phi) is 8.67. The Hall–Kier alpha value is -2.85. The summed E-state index contributed by atoms with van der Waals surface area (Å²) >= 11 is 5.68. The Morgan fingerprint density at radius 3 is 2.00 bits per heavy atom. The Labute approximate surface area is 222 Å². The minimum atomic E-state index is -4.87. The first-order valence-electron chi connectivity index (χ1n) is 11.6. The number of hydrogen-bond acceptors (Lipinski definition) is 1. The van der Waals surface area contributed by atoms with Crippen LogP contribution in [0.25, 0.3) is 0 Å². The van der Waals surface area contributed by atoms with Crippen molar-refractivity contribution in [3.8, 4) is 0 Å². The first-order valence-corrected chi connectivity index (χ1v) is 15.5. The average Bonchev–Trinajstić information content (AvgIpc) is 2.81. The lowest BCUT2D eigenvalue weighted by Gasteiger charge is -2.25. The summed E-state index contributed by atoms with van der Waals surface area (Å²) in [6.07, 6.45) is -9.49. The van der Waals surface area contributed by atoms with Crippen LogP contribution in [0.1, 0.15) is 32.6 Å². The molecular formula is C27H25ClF7NOSi. The van der Waals surface area contributed by atoms with Gasteiger partial charge in [0.25, 0.3) is 5.91 Å². The Balaban J connectivity index is 1.97. The highest BCUT2D eigenvalue weighted by Crippen LogP contribution is 2.34. The highest BCUT2D eigenvalue weighted by molar-refractivity contribution is 6.88. The maximum Gasteiger partial charge on any atom is 0.416 e. The van der Waals surface area contributed by atoms with Crippen molar-refractivity contribution in [1.82, 2.24) is 4.90 Å². The summed E-state index contributed by atoms with van der Waals surface area (Å²) in [5.41, 5.74) is -2.14. The normalized spacial score (nSPS) is 12.5. The summed E-state index contributed by atoms with van der Waals surface area (Å²) in [6, 6.07) is 12.7. The summed E-state index contributed by atoms with van der Waals surface area (Å²) in [5.74, 6) is -2.36. The second-order valence-corrected chi connectivity index (χ2v) is 15.4. The van der Waals surface area contributed by atoms with Gasteiger partial charge in [-0.2, -0.15) is 26.3 Å². The van der Waals surface area contributed by atoms with E-state index in [0.29, 0.717) is 17.7 Å². The number of halogens is 8. The maximum absolute atomic E-state index is 14.8. The molecule has 0 aromatic heterocycles. The molecule has 204 valence electrons. The molecule has 0 radical (unpaired) electrons. The van der Waals surface area contributed by atoms with Crippen LogP contribution in [0.4, 0.5) is 30.7 Å². The zero-order valence-corrected chi connectivity index (χ0v) is 22.5. The molecule has 2 nitrogen and oxygen atoms in total. The van der Waals surface area contributed by atoms with Gasteiger partial charge in [-0.1, -0.05) is 78.9 Å². The fourth-order valence-corrected chi connectivity index (χ4v) is 5.21. The predicted molar refractivity (Wildman–Crippen MR) is 136 cm³/mol. The molecule has 0 aliphatic heterocycles. The molecule has 0 spiro atoms. The van der Waals surface area contributed by atoms with E-state index in [2.05, 4.69) is 19.6 Å². The Morgan fingerprint density at radius 2 is 1.45 bits per heavy atom. The van der Waals surface area contributed by atoms with E-state index < -0.39 is 53.9 Å². The van der Waals surface area contributed by atoms with Gasteiger partial charge in [-0.25, -0.2) is 4.39 Å². The number of benzene rings is 3. The third kappa shape index (κ3) is 7.38. The van der Waals surface area contributed by atoms with E-state index in [1.807, 2.05) is 12.1 Å². The number of amides is 1. The predicted octanol–water partition coefficient (Wildman–Crippen LogP) is 7.95. The van der Waals surface area contributed by atoms with Gasteiger partial charge in [-0.15, -0.1) is 0 Å². The number of carbonyl (C=O) groups is 1. The molecule has 38 heavy (non-hydrogen) atoms. The standard InChI is InChI=1S/C27H25ClF7NOSi/c1-38(2,3)21-9-7-18(8-10-21)16-36(12-11-17-5-4-6-19(13-17)26(30,31)32)25(37)22-14-20(27(33,34)35)15-23(28)24(22)29/h4-10,13-15H,11-12,16H2,1-3H3. The smallest absolute Gasteiger partial charge is 0.334 e. The molecule has 3 aromatic carbocycles. The van der Waals surface area contributed by atoms with Crippen molar-refractivity contribution in [2.75, 3.05) is 6.54 Å². The van der Waals surface area contributed by atoms with Gasteiger partial charge < -0.3 is 4.90 Å². The van der Waals surface area contributed by atoms with E-state index in [9.17, 15) is 35.5 Å². The van der Waals surface area contributed by atoms with Crippen LogP contribution in [0, 0.1) is 5.82 Å². The average molecular weight is 576 g/mol. The van der Waals surface area contributed by atoms with Crippen LogP contribution in [0.2, 0.25) is 24.7 Å². The molecule has 11 heteroatoms. The summed E-state index contributed by atoms with van der Waals surface area (Å²) < 4.78 is 94.2. The fourth-order valence-electron chi connectivity index (χ4n) is 3.83. The molecule has 0 heterocycles.